The molecule has 0 bridgehead atoms. The Morgan fingerprint density at radius 2 is 1.86 bits per heavy atom. The number of aromatic amines is 1. The van der Waals surface area contributed by atoms with Crippen LogP contribution in [0.1, 0.15) is 34.8 Å². The zero-order chi connectivity index (χ0) is 14.7. The topological polar surface area (TPSA) is 66.1 Å². The first-order valence-corrected chi connectivity index (χ1v) is 7.12. The summed E-state index contributed by atoms with van der Waals surface area (Å²) in [7, 11) is 0. The zero-order valence-corrected chi connectivity index (χ0v) is 11.7. The van der Waals surface area contributed by atoms with Crippen molar-refractivity contribution in [2.45, 2.75) is 18.8 Å². The minimum Gasteiger partial charge on any atom is -0.337 e. The molecule has 3 heterocycles. The third kappa shape index (κ3) is 3.02. The molecule has 5 nitrogen and oxygen atoms in total. The minimum atomic E-state index is -0.243. The predicted octanol–water partition coefficient (Wildman–Crippen LogP) is 1.79. The monoisotopic (exact) mass is 283 g/mol. The van der Waals surface area contributed by atoms with Crippen LogP contribution >= 0.6 is 0 Å². The number of nitrogens with one attached hydrogen (secondary N) is 1. The average Bonchev–Trinajstić information content (AvgIpc) is 2.55. The van der Waals surface area contributed by atoms with Crippen molar-refractivity contribution in [1.29, 1.82) is 0 Å². The van der Waals surface area contributed by atoms with Crippen molar-refractivity contribution in [3.63, 3.8) is 0 Å². The number of amides is 1. The predicted molar refractivity (Wildman–Crippen MR) is 79.2 cm³/mol. The van der Waals surface area contributed by atoms with E-state index in [4.69, 9.17) is 0 Å². The molecule has 2 aromatic rings. The van der Waals surface area contributed by atoms with Gasteiger partial charge in [0.25, 0.3) is 5.91 Å². The van der Waals surface area contributed by atoms with Crippen molar-refractivity contribution >= 4 is 5.91 Å². The number of pyridine rings is 2. The summed E-state index contributed by atoms with van der Waals surface area (Å²) >= 11 is 0. The number of rotatable bonds is 2. The molecular formula is C16H17N3O2. The van der Waals surface area contributed by atoms with Crippen molar-refractivity contribution in [3.05, 3.63) is 64.3 Å². The van der Waals surface area contributed by atoms with Gasteiger partial charge in [-0.3, -0.25) is 14.6 Å². The van der Waals surface area contributed by atoms with Crippen molar-refractivity contribution in [2.24, 2.45) is 0 Å². The van der Waals surface area contributed by atoms with Gasteiger partial charge in [-0.1, -0.05) is 6.07 Å². The molecule has 1 N–H and O–H groups in total. The number of nitrogens with zero attached hydrogens (tertiary/aromatic N) is 2. The van der Waals surface area contributed by atoms with Crippen LogP contribution in [0, 0.1) is 0 Å². The first kappa shape index (κ1) is 13.5. The quantitative estimate of drug-likeness (QED) is 0.913. The number of likely N-dealkylation sites (tertiary alicyclic amines) is 1. The Hall–Kier alpha value is -2.43. The van der Waals surface area contributed by atoms with Crippen LogP contribution in [0.3, 0.4) is 0 Å². The van der Waals surface area contributed by atoms with Crippen molar-refractivity contribution < 1.29 is 4.79 Å². The van der Waals surface area contributed by atoms with Crippen molar-refractivity contribution in [1.82, 2.24) is 14.9 Å². The molecule has 21 heavy (non-hydrogen) atoms. The second-order valence-corrected chi connectivity index (χ2v) is 5.28. The Balaban J connectivity index is 1.66. The van der Waals surface area contributed by atoms with E-state index in [9.17, 15) is 9.59 Å². The van der Waals surface area contributed by atoms with E-state index < -0.39 is 0 Å². The molecule has 0 radical (unpaired) electrons. The summed E-state index contributed by atoms with van der Waals surface area (Å²) in [5.41, 5.74) is 1.41. The van der Waals surface area contributed by atoms with E-state index in [-0.39, 0.29) is 11.5 Å². The second-order valence-electron chi connectivity index (χ2n) is 5.28. The van der Waals surface area contributed by atoms with E-state index >= 15 is 0 Å². The number of hydrogen-bond donors (Lipinski definition) is 1. The molecule has 1 aliphatic heterocycles. The van der Waals surface area contributed by atoms with E-state index in [0.29, 0.717) is 24.7 Å². The minimum absolute atomic E-state index is 0.0964. The maximum atomic E-state index is 12.3. The third-order valence-corrected chi connectivity index (χ3v) is 3.96. The van der Waals surface area contributed by atoms with Crippen molar-refractivity contribution in [3.8, 4) is 0 Å². The van der Waals surface area contributed by atoms with Crippen LogP contribution in [0.4, 0.5) is 0 Å². The maximum Gasteiger partial charge on any atom is 0.270 e. The van der Waals surface area contributed by atoms with Gasteiger partial charge in [0.05, 0.1) is 0 Å². The molecule has 0 saturated carbocycles. The summed E-state index contributed by atoms with van der Waals surface area (Å²) in [5.74, 6) is 0.382. The number of aromatic nitrogens is 2. The molecule has 1 fully saturated rings. The molecule has 1 aliphatic rings. The van der Waals surface area contributed by atoms with Gasteiger partial charge in [-0.25, -0.2) is 0 Å². The average molecular weight is 283 g/mol. The summed E-state index contributed by atoms with van der Waals surface area (Å²) in [4.78, 5) is 32.1. The SMILES string of the molecule is O=C(c1cccc(=O)[nH]1)N1CCC(c2ccncc2)CC1. The van der Waals surface area contributed by atoms with E-state index in [1.165, 1.54) is 11.6 Å². The lowest BCUT2D eigenvalue weighted by Crippen LogP contribution is -2.38. The lowest BCUT2D eigenvalue weighted by molar-refractivity contribution is 0.0706. The molecule has 0 aliphatic carbocycles. The van der Waals surface area contributed by atoms with Gasteiger partial charge >= 0.3 is 0 Å². The summed E-state index contributed by atoms with van der Waals surface area (Å²) < 4.78 is 0. The van der Waals surface area contributed by atoms with Gasteiger partial charge < -0.3 is 9.88 Å². The van der Waals surface area contributed by atoms with Gasteiger partial charge in [0, 0.05) is 31.5 Å². The smallest absolute Gasteiger partial charge is 0.270 e. The van der Waals surface area contributed by atoms with Crippen LogP contribution in [0.15, 0.2) is 47.5 Å². The molecule has 0 spiro atoms. The lowest BCUT2D eigenvalue weighted by atomic mass is 9.90. The molecule has 5 heteroatoms. The number of hydrogen-bond acceptors (Lipinski definition) is 3. The van der Waals surface area contributed by atoms with Crippen LogP contribution in [-0.4, -0.2) is 33.9 Å². The first-order valence-electron chi connectivity index (χ1n) is 7.12. The molecule has 108 valence electrons. The molecule has 0 atom stereocenters. The zero-order valence-electron chi connectivity index (χ0n) is 11.7. The first-order chi connectivity index (χ1) is 10.2. The van der Waals surface area contributed by atoms with Gasteiger partial charge in [0.2, 0.25) is 5.56 Å². The fourth-order valence-electron chi connectivity index (χ4n) is 2.79. The van der Waals surface area contributed by atoms with Crippen LogP contribution in [0.25, 0.3) is 0 Å². The van der Waals surface area contributed by atoms with Gasteiger partial charge in [-0.2, -0.15) is 0 Å². The van der Waals surface area contributed by atoms with Gasteiger partial charge in [-0.05, 0) is 42.5 Å². The number of carbonyl (C=O) groups excluding carboxylic acids is 1. The summed E-state index contributed by atoms with van der Waals surface area (Å²) in [5, 5.41) is 0. The fraction of sp³-hybridized carbons (Fsp3) is 0.312. The Bertz CT molecular complexity index is 673. The largest absolute Gasteiger partial charge is 0.337 e. The van der Waals surface area contributed by atoms with Gasteiger partial charge in [0.15, 0.2) is 0 Å². The second kappa shape index (κ2) is 5.91. The molecule has 1 saturated heterocycles. The summed E-state index contributed by atoms with van der Waals surface area (Å²) in [6.45, 7) is 1.42. The van der Waals surface area contributed by atoms with Crippen LogP contribution in [0.5, 0.6) is 0 Å². The standard InChI is InChI=1S/C16H17N3O2/c20-15-3-1-2-14(18-15)16(21)19-10-6-13(7-11-19)12-4-8-17-9-5-12/h1-5,8-9,13H,6-7,10-11H2,(H,18,20). The molecule has 0 unspecified atom stereocenters. The molecule has 3 rings (SSSR count). The maximum absolute atomic E-state index is 12.3. The van der Waals surface area contributed by atoms with Crippen molar-refractivity contribution in [2.75, 3.05) is 13.1 Å². The molecule has 1 amide bonds. The van der Waals surface area contributed by atoms with E-state index in [2.05, 4.69) is 9.97 Å². The highest BCUT2D eigenvalue weighted by molar-refractivity contribution is 5.92. The molecule has 0 aromatic carbocycles. The summed E-state index contributed by atoms with van der Waals surface area (Å²) in [6.07, 6.45) is 5.49. The number of carbonyl (C=O) groups is 1. The molecule has 2 aromatic heterocycles. The van der Waals surface area contributed by atoms with Crippen LogP contribution < -0.4 is 5.56 Å². The summed E-state index contributed by atoms with van der Waals surface area (Å²) in [6, 6.07) is 8.74. The van der Waals surface area contributed by atoms with Crippen LogP contribution in [0.2, 0.25) is 0 Å². The number of H-pyrrole nitrogens is 1. The van der Waals surface area contributed by atoms with E-state index in [1.54, 1.807) is 12.1 Å². The lowest BCUT2D eigenvalue weighted by Gasteiger charge is -2.32. The Kier molecular flexibility index (Phi) is 3.81. The number of piperidine rings is 1. The van der Waals surface area contributed by atoms with Crippen LogP contribution in [-0.2, 0) is 0 Å². The third-order valence-electron chi connectivity index (χ3n) is 3.96. The van der Waals surface area contributed by atoms with E-state index in [1.807, 2.05) is 29.4 Å². The highest BCUT2D eigenvalue weighted by atomic mass is 16.2. The highest BCUT2D eigenvalue weighted by Gasteiger charge is 2.24. The van der Waals surface area contributed by atoms with Gasteiger partial charge in [0.1, 0.15) is 5.69 Å². The Morgan fingerprint density at radius 3 is 2.52 bits per heavy atom. The Labute approximate surface area is 122 Å². The Morgan fingerprint density at radius 1 is 1.14 bits per heavy atom. The van der Waals surface area contributed by atoms with E-state index in [0.717, 1.165) is 12.8 Å². The molecular weight excluding hydrogens is 266 g/mol. The van der Waals surface area contributed by atoms with Gasteiger partial charge in [-0.15, -0.1) is 0 Å². The fourth-order valence-corrected chi connectivity index (χ4v) is 2.79. The normalized spacial score (nSPS) is 15.9. The highest BCUT2D eigenvalue weighted by Crippen LogP contribution is 2.27.